The van der Waals surface area contributed by atoms with Gasteiger partial charge < -0.3 is 5.32 Å². The largest absolute Gasteiger partial charge is 0.362 e. The van der Waals surface area contributed by atoms with Gasteiger partial charge in [-0.2, -0.15) is 0 Å². The van der Waals surface area contributed by atoms with Crippen LogP contribution in [0.1, 0.15) is 5.69 Å². The summed E-state index contributed by atoms with van der Waals surface area (Å²) in [6, 6.07) is 13.4. The molecule has 0 saturated carbocycles. The van der Waals surface area contributed by atoms with Gasteiger partial charge in [-0.1, -0.05) is 29.8 Å². The Hall–Kier alpha value is -2.57. The zero-order valence-corrected chi connectivity index (χ0v) is 14.1. The number of benzene rings is 1. The highest BCUT2D eigenvalue weighted by Crippen LogP contribution is 2.24. The van der Waals surface area contributed by atoms with Crippen LogP contribution in [0.4, 0.5) is 5.82 Å². The number of thiazole rings is 1. The van der Waals surface area contributed by atoms with Crippen molar-refractivity contribution in [2.24, 2.45) is 0 Å². The van der Waals surface area contributed by atoms with Crippen molar-refractivity contribution >= 4 is 39.8 Å². The predicted octanol–water partition coefficient (Wildman–Crippen LogP) is 4.41. The fourth-order valence-electron chi connectivity index (χ4n) is 2.26. The van der Waals surface area contributed by atoms with Crippen LogP contribution < -0.4 is 5.32 Å². The second-order valence-corrected chi connectivity index (χ2v) is 6.28. The Kier molecular flexibility index (Phi) is 4.06. The van der Waals surface area contributed by atoms with Gasteiger partial charge in [-0.3, -0.25) is 4.98 Å². The van der Waals surface area contributed by atoms with E-state index >= 15 is 0 Å². The summed E-state index contributed by atoms with van der Waals surface area (Å²) in [6.45, 7) is 0.524. The van der Waals surface area contributed by atoms with Gasteiger partial charge in [-0.25, -0.2) is 15.0 Å². The normalized spacial score (nSPS) is 10.9. The minimum absolute atomic E-state index is 0.355. The molecule has 0 spiro atoms. The Morgan fingerprint density at radius 1 is 0.958 bits per heavy atom. The smallest absolute Gasteiger partial charge is 0.172 e. The first-order valence-electron chi connectivity index (χ1n) is 7.31. The van der Waals surface area contributed by atoms with E-state index in [4.69, 9.17) is 11.6 Å². The third-order valence-corrected chi connectivity index (χ3v) is 4.58. The SMILES string of the molecule is Clc1nc2ccccc2nc1NCc1csc(-c2ccccn2)n1. The van der Waals surface area contributed by atoms with E-state index in [9.17, 15) is 0 Å². The van der Waals surface area contributed by atoms with Gasteiger partial charge in [0, 0.05) is 11.6 Å². The average Bonchev–Trinajstić information content (AvgIpc) is 3.10. The Balaban J connectivity index is 1.53. The molecule has 0 aliphatic heterocycles. The van der Waals surface area contributed by atoms with Gasteiger partial charge >= 0.3 is 0 Å². The summed E-state index contributed by atoms with van der Waals surface area (Å²) < 4.78 is 0. The number of fused-ring (bicyclic) bond motifs is 1. The fraction of sp³-hybridized carbons (Fsp3) is 0.0588. The van der Waals surface area contributed by atoms with Crippen molar-refractivity contribution in [2.45, 2.75) is 6.54 Å². The minimum Gasteiger partial charge on any atom is -0.362 e. The molecule has 4 rings (SSSR count). The van der Waals surface area contributed by atoms with E-state index < -0.39 is 0 Å². The number of nitrogens with one attached hydrogen (secondary N) is 1. The van der Waals surface area contributed by atoms with E-state index in [2.05, 4.69) is 25.3 Å². The maximum atomic E-state index is 6.21. The summed E-state index contributed by atoms with van der Waals surface area (Å²) >= 11 is 7.77. The van der Waals surface area contributed by atoms with E-state index in [1.165, 1.54) is 0 Å². The molecule has 1 aromatic carbocycles. The number of pyridine rings is 1. The van der Waals surface area contributed by atoms with Crippen LogP contribution in [0, 0.1) is 0 Å². The lowest BCUT2D eigenvalue weighted by molar-refractivity contribution is 1.05. The first kappa shape index (κ1) is 15.0. The Bertz CT molecular complexity index is 987. The lowest BCUT2D eigenvalue weighted by Crippen LogP contribution is -2.03. The van der Waals surface area contributed by atoms with Crippen molar-refractivity contribution < 1.29 is 0 Å². The molecule has 0 bridgehead atoms. The van der Waals surface area contributed by atoms with E-state index in [-0.39, 0.29) is 0 Å². The lowest BCUT2D eigenvalue weighted by Gasteiger charge is -2.06. The standard InChI is InChI=1S/C17H12ClN5S/c18-15-16(23-13-6-2-1-5-12(13)22-15)20-9-11-10-24-17(21-11)14-7-3-4-8-19-14/h1-8,10H,9H2,(H,20,23). The number of nitrogens with zero attached hydrogens (tertiary/aromatic N) is 4. The van der Waals surface area contributed by atoms with E-state index in [0.29, 0.717) is 17.5 Å². The van der Waals surface area contributed by atoms with Crippen LogP contribution in [-0.4, -0.2) is 19.9 Å². The molecule has 118 valence electrons. The molecule has 1 N–H and O–H groups in total. The van der Waals surface area contributed by atoms with Gasteiger partial charge in [0.25, 0.3) is 0 Å². The van der Waals surface area contributed by atoms with Crippen molar-refractivity contribution in [1.82, 2.24) is 19.9 Å². The summed E-state index contributed by atoms with van der Waals surface area (Å²) in [5.74, 6) is 0.558. The van der Waals surface area contributed by atoms with E-state index in [0.717, 1.165) is 27.4 Å². The van der Waals surface area contributed by atoms with Crippen molar-refractivity contribution in [3.8, 4) is 10.7 Å². The second kappa shape index (κ2) is 6.51. The zero-order valence-electron chi connectivity index (χ0n) is 12.5. The highest BCUT2D eigenvalue weighted by Gasteiger charge is 2.09. The summed E-state index contributed by atoms with van der Waals surface area (Å²) in [5, 5.41) is 6.45. The minimum atomic E-state index is 0.355. The van der Waals surface area contributed by atoms with Crippen LogP contribution in [0.2, 0.25) is 5.15 Å². The molecule has 0 aliphatic carbocycles. The molecule has 5 nitrogen and oxygen atoms in total. The molecule has 0 fully saturated rings. The van der Waals surface area contributed by atoms with Crippen molar-refractivity contribution in [1.29, 1.82) is 0 Å². The Labute approximate surface area is 147 Å². The monoisotopic (exact) mass is 353 g/mol. The molecule has 0 saturated heterocycles. The Morgan fingerprint density at radius 3 is 2.54 bits per heavy atom. The zero-order chi connectivity index (χ0) is 16.4. The molecule has 7 heteroatoms. The highest BCUT2D eigenvalue weighted by atomic mass is 35.5. The third-order valence-electron chi connectivity index (χ3n) is 3.40. The van der Waals surface area contributed by atoms with E-state index in [1.807, 2.05) is 47.8 Å². The number of halogens is 1. The summed E-state index contributed by atoms with van der Waals surface area (Å²) in [7, 11) is 0. The van der Waals surface area contributed by atoms with Gasteiger partial charge in [0.05, 0.1) is 29.0 Å². The van der Waals surface area contributed by atoms with Crippen LogP contribution in [0.15, 0.2) is 54.0 Å². The highest BCUT2D eigenvalue weighted by molar-refractivity contribution is 7.13. The molecule has 0 aliphatic rings. The van der Waals surface area contributed by atoms with Crippen LogP contribution in [0.25, 0.3) is 21.7 Å². The van der Waals surface area contributed by atoms with Crippen LogP contribution in [0.5, 0.6) is 0 Å². The molecule has 24 heavy (non-hydrogen) atoms. The molecular weight excluding hydrogens is 342 g/mol. The van der Waals surface area contributed by atoms with Gasteiger partial charge in [0.15, 0.2) is 11.0 Å². The summed E-state index contributed by atoms with van der Waals surface area (Å²) in [6.07, 6.45) is 1.76. The molecule has 3 aromatic heterocycles. The summed E-state index contributed by atoms with van der Waals surface area (Å²) in [4.78, 5) is 17.8. The molecular formula is C17H12ClN5S. The number of anilines is 1. The maximum Gasteiger partial charge on any atom is 0.172 e. The number of para-hydroxylation sites is 2. The van der Waals surface area contributed by atoms with Crippen LogP contribution in [-0.2, 0) is 6.54 Å². The molecule has 0 radical (unpaired) electrons. The number of hydrogen-bond acceptors (Lipinski definition) is 6. The second-order valence-electron chi connectivity index (χ2n) is 5.06. The van der Waals surface area contributed by atoms with Gasteiger partial charge in [0.1, 0.15) is 5.01 Å². The molecule has 0 atom stereocenters. The van der Waals surface area contributed by atoms with Crippen molar-refractivity contribution in [3.63, 3.8) is 0 Å². The van der Waals surface area contributed by atoms with Crippen LogP contribution >= 0.6 is 22.9 Å². The first-order valence-corrected chi connectivity index (χ1v) is 8.57. The lowest BCUT2D eigenvalue weighted by atomic mass is 10.3. The molecule has 0 amide bonds. The topological polar surface area (TPSA) is 63.6 Å². The number of aromatic nitrogens is 4. The van der Waals surface area contributed by atoms with E-state index in [1.54, 1.807) is 17.5 Å². The maximum absolute atomic E-state index is 6.21. The number of hydrogen-bond donors (Lipinski definition) is 1. The summed E-state index contributed by atoms with van der Waals surface area (Å²) in [5.41, 5.74) is 3.36. The van der Waals surface area contributed by atoms with Gasteiger partial charge in [0.2, 0.25) is 0 Å². The van der Waals surface area contributed by atoms with Crippen LogP contribution in [0.3, 0.4) is 0 Å². The molecule has 3 heterocycles. The quantitative estimate of drug-likeness (QED) is 0.588. The van der Waals surface area contributed by atoms with Gasteiger partial charge in [-0.05, 0) is 24.3 Å². The van der Waals surface area contributed by atoms with Crippen molar-refractivity contribution in [2.75, 3.05) is 5.32 Å². The molecule has 4 aromatic rings. The predicted molar refractivity (Wildman–Crippen MR) is 97.2 cm³/mol. The molecule has 0 unspecified atom stereocenters. The van der Waals surface area contributed by atoms with Crippen molar-refractivity contribution in [3.05, 3.63) is 64.9 Å². The third kappa shape index (κ3) is 3.06. The first-order chi connectivity index (χ1) is 11.8. The van der Waals surface area contributed by atoms with Gasteiger partial charge in [-0.15, -0.1) is 11.3 Å². The Morgan fingerprint density at radius 2 is 1.75 bits per heavy atom. The fourth-order valence-corrected chi connectivity index (χ4v) is 3.26. The average molecular weight is 354 g/mol. The number of rotatable bonds is 4.